The van der Waals surface area contributed by atoms with E-state index in [1.54, 1.807) is 6.92 Å². The highest BCUT2D eigenvalue weighted by atomic mass is 32.2. The maximum atomic E-state index is 13.3. The first-order chi connectivity index (χ1) is 10.3. The molecule has 0 heterocycles. The van der Waals surface area contributed by atoms with Crippen LogP contribution in [0, 0.1) is 23.3 Å². The first-order valence-corrected chi connectivity index (χ1v) is 6.70. The monoisotopic (exact) mass is 340 g/mol. The molecule has 1 aromatic rings. The smallest absolute Gasteiger partial charge is 0.186 e. The highest BCUT2D eigenvalue weighted by Crippen LogP contribution is 2.31. The molecular weight excluding hydrogens is 324 g/mol. The summed E-state index contributed by atoms with van der Waals surface area (Å²) >= 11 is 0.435. The zero-order chi connectivity index (χ0) is 17.3. The van der Waals surface area contributed by atoms with Gasteiger partial charge in [0.2, 0.25) is 0 Å². The van der Waals surface area contributed by atoms with Crippen molar-refractivity contribution in [3.63, 3.8) is 0 Å². The van der Waals surface area contributed by atoms with Gasteiger partial charge in [0, 0.05) is 13.7 Å². The van der Waals surface area contributed by atoms with Gasteiger partial charge in [0.15, 0.2) is 23.3 Å². The quantitative estimate of drug-likeness (QED) is 0.159. The Morgan fingerprint density at radius 2 is 1.73 bits per heavy atom. The molecule has 3 N–H and O–H groups in total. The van der Waals surface area contributed by atoms with Crippen molar-refractivity contribution in [2.45, 2.75) is 11.8 Å². The van der Waals surface area contributed by atoms with Crippen molar-refractivity contribution >= 4 is 23.9 Å². The molecule has 0 saturated carbocycles. The fraction of sp³-hybridized carbons (Fsp3) is 0.308. The number of aldehydes is 1. The van der Waals surface area contributed by atoms with E-state index in [1.165, 1.54) is 7.11 Å². The number of carbonyl (C=O) groups is 1. The van der Waals surface area contributed by atoms with Crippen LogP contribution in [0.4, 0.5) is 23.2 Å². The lowest BCUT2D eigenvalue weighted by molar-refractivity contribution is -0.104. The molecule has 0 aliphatic carbocycles. The van der Waals surface area contributed by atoms with Gasteiger partial charge in [0.25, 0.3) is 0 Å². The van der Waals surface area contributed by atoms with Gasteiger partial charge in [-0.25, -0.2) is 17.6 Å². The van der Waals surface area contributed by atoms with Crippen LogP contribution in [0.1, 0.15) is 6.92 Å². The number of nitrogens with two attached hydrogens (primary N) is 1. The Bertz CT molecular complexity index is 512. The number of rotatable bonds is 6. The number of hydrogen-bond donors (Lipinski definition) is 2. The maximum Gasteiger partial charge on any atom is 0.186 e. The molecule has 9 heteroatoms. The molecule has 0 aliphatic heterocycles. The summed E-state index contributed by atoms with van der Waals surface area (Å²) in [5.41, 5.74) is 4.26. The predicted molar refractivity (Wildman–Crippen MR) is 77.3 cm³/mol. The lowest BCUT2D eigenvalue weighted by Gasteiger charge is -2.09. The van der Waals surface area contributed by atoms with Crippen LogP contribution in [0.5, 0.6) is 0 Å². The van der Waals surface area contributed by atoms with E-state index in [2.05, 4.69) is 16.0 Å². The van der Waals surface area contributed by atoms with Gasteiger partial charge < -0.3 is 10.5 Å². The van der Waals surface area contributed by atoms with Crippen LogP contribution in [0.15, 0.2) is 17.0 Å². The predicted octanol–water partition coefficient (Wildman–Crippen LogP) is 2.83. The molecule has 0 aliphatic rings. The minimum atomic E-state index is -1.60. The topological polar surface area (TPSA) is 64.3 Å². The largest absolute Gasteiger partial charge is 0.394 e. The van der Waals surface area contributed by atoms with E-state index in [0.717, 1.165) is 6.29 Å². The summed E-state index contributed by atoms with van der Waals surface area (Å²) in [6.07, 6.45) is 0.722. The summed E-state index contributed by atoms with van der Waals surface area (Å²) in [6.45, 7) is 5.51. The van der Waals surface area contributed by atoms with Crippen molar-refractivity contribution in [3.05, 3.63) is 35.4 Å². The standard InChI is InChI=1S/C9H10F4N2OS.C4H6O/c1-16-3-2-15-17-9-6(12)4(10)8(14)5(11)7(9)13;1-4(2)3-5/h15H,2-3,14H2,1H3;3H,1H2,2H3. The minimum Gasteiger partial charge on any atom is -0.394 e. The van der Waals surface area contributed by atoms with E-state index in [4.69, 9.17) is 5.73 Å². The maximum absolute atomic E-state index is 13.3. The number of methoxy groups -OCH3 is 1. The van der Waals surface area contributed by atoms with Crippen molar-refractivity contribution in [1.29, 1.82) is 0 Å². The van der Waals surface area contributed by atoms with Crippen molar-refractivity contribution in [3.8, 4) is 0 Å². The number of allylic oxidation sites excluding steroid dienone is 1. The average Bonchev–Trinajstić information content (AvgIpc) is 2.51. The Morgan fingerprint density at radius 1 is 1.27 bits per heavy atom. The van der Waals surface area contributed by atoms with Crippen molar-refractivity contribution in [2.24, 2.45) is 0 Å². The molecule has 22 heavy (non-hydrogen) atoms. The molecule has 0 spiro atoms. The fourth-order valence-corrected chi connectivity index (χ4v) is 1.67. The van der Waals surface area contributed by atoms with Crippen LogP contribution < -0.4 is 10.5 Å². The highest BCUT2D eigenvalue weighted by molar-refractivity contribution is 7.97. The molecule has 0 fully saturated rings. The minimum absolute atomic E-state index is 0.258. The third kappa shape index (κ3) is 6.04. The molecule has 0 atom stereocenters. The number of ether oxygens (including phenoxy) is 1. The average molecular weight is 340 g/mol. The first-order valence-electron chi connectivity index (χ1n) is 5.88. The molecule has 0 bridgehead atoms. The van der Waals surface area contributed by atoms with Gasteiger partial charge in [-0.3, -0.25) is 9.52 Å². The van der Waals surface area contributed by atoms with Crippen molar-refractivity contribution in [1.82, 2.24) is 4.72 Å². The third-order valence-electron chi connectivity index (χ3n) is 2.04. The molecule has 124 valence electrons. The summed E-state index contributed by atoms with van der Waals surface area (Å²) in [6, 6.07) is 0. The summed E-state index contributed by atoms with van der Waals surface area (Å²) < 4.78 is 59.8. The van der Waals surface area contributed by atoms with E-state index in [-0.39, 0.29) is 13.2 Å². The lowest BCUT2D eigenvalue weighted by atomic mass is 10.2. The third-order valence-corrected chi connectivity index (χ3v) is 2.95. The second-order valence-corrected chi connectivity index (χ2v) is 4.85. The van der Waals surface area contributed by atoms with Gasteiger partial charge in [-0.15, -0.1) is 0 Å². The molecular formula is C13H16F4N2O2S. The Labute approximate surface area is 129 Å². The number of nitrogen functional groups attached to an aromatic ring is 1. The second kappa shape index (κ2) is 10.2. The summed E-state index contributed by atoms with van der Waals surface area (Å²) in [4.78, 5) is 8.60. The Morgan fingerprint density at radius 3 is 2.09 bits per heavy atom. The normalized spacial score (nSPS) is 9.91. The molecule has 1 rings (SSSR count). The number of carbonyl (C=O) groups excluding carboxylic acids is 1. The highest BCUT2D eigenvalue weighted by Gasteiger charge is 2.24. The van der Waals surface area contributed by atoms with Crippen LogP contribution in [0.25, 0.3) is 0 Å². The number of benzene rings is 1. The van der Waals surface area contributed by atoms with Gasteiger partial charge >= 0.3 is 0 Å². The van der Waals surface area contributed by atoms with E-state index >= 15 is 0 Å². The molecule has 0 amide bonds. The Kier molecular flexibility index (Phi) is 9.46. The molecule has 0 radical (unpaired) electrons. The summed E-state index contributed by atoms with van der Waals surface area (Å²) in [5.74, 6) is -6.23. The van der Waals surface area contributed by atoms with Crippen molar-refractivity contribution in [2.75, 3.05) is 26.0 Å². The van der Waals surface area contributed by atoms with Gasteiger partial charge in [0.1, 0.15) is 16.9 Å². The van der Waals surface area contributed by atoms with E-state index in [9.17, 15) is 22.4 Å². The molecule has 1 aromatic carbocycles. The zero-order valence-electron chi connectivity index (χ0n) is 12.0. The van der Waals surface area contributed by atoms with Crippen LogP contribution >= 0.6 is 11.9 Å². The van der Waals surface area contributed by atoms with Crippen LogP contribution in [-0.2, 0) is 9.53 Å². The Balaban J connectivity index is 0.000000763. The van der Waals surface area contributed by atoms with Crippen molar-refractivity contribution < 1.29 is 27.1 Å². The zero-order valence-corrected chi connectivity index (χ0v) is 12.8. The first kappa shape index (κ1) is 20.4. The fourth-order valence-electron chi connectivity index (χ4n) is 0.985. The summed E-state index contributed by atoms with van der Waals surface area (Å²) in [5, 5.41) is 0. The summed E-state index contributed by atoms with van der Waals surface area (Å²) in [7, 11) is 1.44. The molecule has 0 aromatic heterocycles. The Hall–Kier alpha value is -1.58. The molecule has 4 nitrogen and oxygen atoms in total. The van der Waals surface area contributed by atoms with Crippen LogP contribution in [0.2, 0.25) is 0 Å². The van der Waals surface area contributed by atoms with Crippen LogP contribution in [0.3, 0.4) is 0 Å². The molecule has 0 saturated heterocycles. The number of nitrogens with one attached hydrogen (secondary N) is 1. The van der Waals surface area contributed by atoms with E-state index in [0.29, 0.717) is 17.5 Å². The van der Waals surface area contributed by atoms with Gasteiger partial charge in [-0.2, -0.15) is 0 Å². The van der Waals surface area contributed by atoms with E-state index < -0.39 is 33.9 Å². The number of anilines is 1. The van der Waals surface area contributed by atoms with Gasteiger partial charge in [-0.05, 0) is 24.4 Å². The lowest BCUT2D eigenvalue weighted by Crippen LogP contribution is -2.13. The number of halogens is 4. The van der Waals surface area contributed by atoms with Crippen LogP contribution in [-0.4, -0.2) is 26.5 Å². The van der Waals surface area contributed by atoms with Gasteiger partial charge in [-0.1, -0.05) is 6.58 Å². The SMILES string of the molecule is C=C(C)C=O.COCCNSc1c(F)c(F)c(N)c(F)c1F. The molecule has 0 unspecified atom stereocenters. The van der Waals surface area contributed by atoms with Gasteiger partial charge in [0.05, 0.1) is 6.61 Å². The van der Waals surface area contributed by atoms with E-state index in [1.807, 2.05) is 0 Å². The second-order valence-electron chi connectivity index (χ2n) is 3.95. The number of hydrogen-bond acceptors (Lipinski definition) is 5.